The fourth-order valence-electron chi connectivity index (χ4n) is 3.74. The number of aryl methyl sites for hydroxylation is 1. The molecule has 25 heavy (non-hydrogen) atoms. The number of benzene rings is 1. The van der Waals surface area contributed by atoms with Crippen LogP contribution in [0.3, 0.4) is 0 Å². The van der Waals surface area contributed by atoms with Crippen molar-refractivity contribution in [2.75, 3.05) is 13.1 Å². The van der Waals surface area contributed by atoms with Crippen molar-refractivity contribution in [3.63, 3.8) is 0 Å². The molecule has 5 heteroatoms. The maximum absolute atomic E-state index is 13.1. The Hall–Kier alpha value is -2.43. The smallest absolute Gasteiger partial charge is 0.257 e. The highest BCUT2D eigenvalue weighted by Gasteiger charge is 2.35. The van der Waals surface area contributed by atoms with Gasteiger partial charge in [-0.05, 0) is 32.6 Å². The Labute approximate surface area is 147 Å². The van der Waals surface area contributed by atoms with Gasteiger partial charge in [0.15, 0.2) is 5.78 Å². The van der Waals surface area contributed by atoms with Crippen molar-refractivity contribution in [3.05, 3.63) is 52.8 Å². The Bertz CT molecular complexity index is 793. The Balaban J connectivity index is 1.52. The highest BCUT2D eigenvalue weighted by atomic mass is 16.2. The van der Waals surface area contributed by atoms with Gasteiger partial charge in [-0.2, -0.15) is 5.10 Å². The van der Waals surface area contributed by atoms with Crippen LogP contribution in [0.4, 0.5) is 0 Å². The Morgan fingerprint density at radius 1 is 1.16 bits per heavy atom. The van der Waals surface area contributed by atoms with Crippen molar-refractivity contribution >= 4 is 11.7 Å². The van der Waals surface area contributed by atoms with Crippen molar-refractivity contribution < 1.29 is 9.59 Å². The molecular weight excluding hydrogens is 314 g/mol. The van der Waals surface area contributed by atoms with Gasteiger partial charge in [0.25, 0.3) is 5.91 Å². The average molecular weight is 337 g/mol. The number of H-pyrrole nitrogens is 1. The lowest BCUT2D eigenvalue weighted by atomic mass is 9.89. The SMILES string of the molecule is Cc1[nH]nc(C2CC2)c1C(=O)N1CCCC(C(=O)c2ccccc2)C1. The van der Waals surface area contributed by atoms with Crippen LogP contribution in [0.1, 0.15) is 63.7 Å². The number of aromatic nitrogens is 2. The lowest BCUT2D eigenvalue weighted by molar-refractivity contribution is 0.0635. The van der Waals surface area contributed by atoms with Crippen molar-refractivity contribution in [2.45, 2.75) is 38.5 Å². The molecule has 2 fully saturated rings. The number of aromatic amines is 1. The number of hydrogen-bond donors (Lipinski definition) is 1. The van der Waals surface area contributed by atoms with E-state index in [1.807, 2.05) is 42.2 Å². The minimum Gasteiger partial charge on any atom is -0.338 e. The summed E-state index contributed by atoms with van der Waals surface area (Å²) in [6.45, 7) is 3.12. The predicted octanol–water partition coefficient (Wildman–Crippen LogP) is 3.33. The lowest BCUT2D eigenvalue weighted by Gasteiger charge is -2.32. The minimum absolute atomic E-state index is 0.0266. The molecule has 1 aliphatic carbocycles. The number of Topliss-reactive ketones (excluding diaryl/α,β-unsaturated/α-hetero) is 1. The first kappa shape index (κ1) is 16.1. The van der Waals surface area contributed by atoms with Crippen LogP contribution in [0.5, 0.6) is 0 Å². The first-order valence-electron chi connectivity index (χ1n) is 9.08. The summed E-state index contributed by atoms with van der Waals surface area (Å²) in [5.41, 5.74) is 3.22. The molecule has 1 N–H and O–H groups in total. The first-order chi connectivity index (χ1) is 12.1. The van der Waals surface area contributed by atoms with Crippen LogP contribution in [-0.2, 0) is 0 Å². The molecule has 4 rings (SSSR count). The second-order valence-electron chi connectivity index (χ2n) is 7.20. The van der Waals surface area contributed by atoms with Gasteiger partial charge >= 0.3 is 0 Å². The number of likely N-dealkylation sites (tertiary alicyclic amines) is 1. The van der Waals surface area contributed by atoms with E-state index in [9.17, 15) is 9.59 Å². The minimum atomic E-state index is -0.114. The summed E-state index contributed by atoms with van der Waals surface area (Å²) < 4.78 is 0. The third-order valence-electron chi connectivity index (χ3n) is 5.29. The van der Waals surface area contributed by atoms with E-state index >= 15 is 0 Å². The Morgan fingerprint density at radius 2 is 1.92 bits per heavy atom. The number of piperidine rings is 1. The monoisotopic (exact) mass is 337 g/mol. The highest BCUT2D eigenvalue weighted by molar-refractivity contribution is 6.00. The molecule has 0 bridgehead atoms. The third-order valence-corrected chi connectivity index (χ3v) is 5.29. The number of ketones is 1. The quantitative estimate of drug-likeness (QED) is 0.870. The second-order valence-corrected chi connectivity index (χ2v) is 7.20. The Kier molecular flexibility index (Phi) is 4.15. The summed E-state index contributed by atoms with van der Waals surface area (Å²) in [7, 11) is 0. The molecule has 0 radical (unpaired) electrons. The molecule has 1 saturated carbocycles. The fraction of sp³-hybridized carbons (Fsp3) is 0.450. The normalized spacial score (nSPS) is 20.5. The van der Waals surface area contributed by atoms with Crippen molar-refractivity contribution in [1.82, 2.24) is 15.1 Å². The molecule has 2 aliphatic rings. The van der Waals surface area contributed by atoms with Gasteiger partial charge in [0, 0.05) is 36.2 Å². The molecule has 1 unspecified atom stereocenters. The molecule has 2 aromatic rings. The van der Waals surface area contributed by atoms with E-state index in [0.29, 0.717) is 19.0 Å². The fourth-order valence-corrected chi connectivity index (χ4v) is 3.74. The standard InChI is InChI=1S/C20H23N3O2/c1-13-17(18(22-21-13)14-9-10-14)20(25)23-11-5-8-16(12-23)19(24)15-6-3-2-4-7-15/h2-4,6-7,14,16H,5,8-12H2,1H3,(H,21,22). The highest BCUT2D eigenvalue weighted by Crippen LogP contribution is 2.41. The summed E-state index contributed by atoms with van der Waals surface area (Å²) in [5.74, 6) is 0.482. The van der Waals surface area contributed by atoms with Gasteiger partial charge in [-0.3, -0.25) is 14.7 Å². The lowest BCUT2D eigenvalue weighted by Crippen LogP contribution is -2.42. The molecule has 1 aliphatic heterocycles. The summed E-state index contributed by atoms with van der Waals surface area (Å²) in [6, 6.07) is 9.39. The van der Waals surface area contributed by atoms with E-state index in [2.05, 4.69) is 10.2 Å². The van der Waals surface area contributed by atoms with Crippen LogP contribution in [0.2, 0.25) is 0 Å². The number of rotatable bonds is 4. The molecule has 5 nitrogen and oxygen atoms in total. The van der Waals surface area contributed by atoms with Crippen LogP contribution in [0.15, 0.2) is 30.3 Å². The zero-order chi connectivity index (χ0) is 17.4. The van der Waals surface area contributed by atoms with E-state index in [1.165, 1.54) is 0 Å². The van der Waals surface area contributed by atoms with Gasteiger partial charge in [-0.1, -0.05) is 30.3 Å². The van der Waals surface area contributed by atoms with E-state index < -0.39 is 0 Å². The summed E-state index contributed by atoms with van der Waals surface area (Å²) in [5, 5.41) is 7.33. The van der Waals surface area contributed by atoms with Gasteiger partial charge in [0.2, 0.25) is 0 Å². The topological polar surface area (TPSA) is 66.1 Å². The van der Waals surface area contributed by atoms with Crippen molar-refractivity contribution in [2.24, 2.45) is 5.92 Å². The van der Waals surface area contributed by atoms with Gasteiger partial charge in [0.05, 0.1) is 11.3 Å². The molecule has 0 spiro atoms. The van der Waals surface area contributed by atoms with Gasteiger partial charge in [-0.15, -0.1) is 0 Å². The Morgan fingerprint density at radius 3 is 2.64 bits per heavy atom. The van der Waals surface area contributed by atoms with Crippen LogP contribution >= 0.6 is 0 Å². The average Bonchev–Trinajstić information content (AvgIpc) is 3.43. The molecule has 1 saturated heterocycles. The van der Waals surface area contributed by atoms with Crippen LogP contribution < -0.4 is 0 Å². The summed E-state index contributed by atoms with van der Waals surface area (Å²) in [4.78, 5) is 27.7. The molecular formula is C20H23N3O2. The molecule has 1 aromatic carbocycles. The van der Waals surface area contributed by atoms with Gasteiger partial charge in [0.1, 0.15) is 0 Å². The van der Waals surface area contributed by atoms with Crippen LogP contribution in [0.25, 0.3) is 0 Å². The number of carbonyl (C=O) groups is 2. The zero-order valence-electron chi connectivity index (χ0n) is 14.5. The number of nitrogens with one attached hydrogen (secondary N) is 1. The number of amides is 1. The first-order valence-corrected chi connectivity index (χ1v) is 9.08. The molecule has 1 aromatic heterocycles. The van der Waals surface area contributed by atoms with Gasteiger partial charge in [-0.25, -0.2) is 0 Å². The summed E-state index contributed by atoms with van der Waals surface area (Å²) in [6.07, 6.45) is 3.93. The molecule has 1 atom stereocenters. The van der Waals surface area contributed by atoms with Crippen LogP contribution in [-0.4, -0.2) is 39.9 Å². The van der Waals surface area contributed by atoms with Crippen LogP contribution in [0, 0.1) is 12.8 Å². The second kappa shape index (κ2) is 6.47. The van der Waals surface area contributed by atoms with Crippen molar-refractivity contribution in [1.29, 1.82) is 0 Å². The van der Waals surface area contributed by atoms with E-state index in [-0.39, 0.29) is 17.6 Å². The predicted molar refractivity (Wildman–Crippen MR) is 94.7 cm³/mol. The largest absolute Gasteiger partial charge is 0.338 e. The molecule has 2 heterocycles. The third kappa shape index (κ3) is 3.11. The number of hydrogen-bond acceptors (Lipinski definition) is 3. The molecule has 1 amide bonds. The van der Waals surface area contributed by atoms with E-state index in [1.54, 1.807) is 0 Å². The zero-order valence-corrected chi connectivity index (χ0v) is 14.5. The van der Waals surface area contributed by atoms with Crippen molar-refractivity contribution in [3.8, 4) is 0 Å². The van der Waals surface area contributed by atoms with E-state index in [4.69, 9.17) is 0 Å². The summed E-state index contributed by atoms with van der Waals surface area (Å²) >= 11 is 0. The number of carbonyl (C=O) groups excluding carboxylic acids is 2. The molecule has 130 valence electrons. The maximum Gasteiger partial charge on any atom is 0.257 e. The maximum atomic E-state index is 13.1. The van der Waals surface area contributed by atoms with Gasteiger partial charge < -0.3 is 4.90 Å². The number of nitrogens with zero attached hydrogens (tertiary/aromatic N) is 2. The van der Waals surface area contributed by atoms with E-state index in [0.717, 1.165) is 48.2 Å².